The minimum Gasteiger partial charge on any atom is -0.374 e. The zero-order chi connectivity index (χ0) is 29.7. The van der Waals surface area contributed by atoms with Crippen LogP contribution in [-0.4, -0.2) is 43.2 Å². The molecule has 0 spiro atoms. The van der Waals surface area contributed by atoms with Crippen molar-refractivity contribution in [3.63, 3.8) is 0 Å². The van der Waals surface area contributed by atoms with Crippen molar-refractivity contribution >= 4 is 5.91 Å². The Morgan fingerprint density at radius 2 is 1.02 bits per heavy atom. The molecule has 0 aromatic heterocycles. The van der Waals surface area contributed by atoms with Crippen molar-refractivity contribution < 1.29 is 28.5 Å². The summed E-state index contributed by atoms with van der Waals surface area (Å²) in [4.78, 5) is 12.5. The molecule has 1 aliphatic rings. The zero-order valence-corrected chi connectivity index (χ0v) is 24.4. The maximum atomic E-state index is 12.5. The van der Waals surface area contributed by atoms with Crippen LogP contribution in [0, 0.1) is 0 Å². The molecule has 0 saturated carbocycles. The van der Waals surface area contributed by atoms with E-state index in [4.69, 9.17) is 23.7 Å². The van der Waals surface area contributed by atoms with E-state index >= 15 is 0 Å². The van der Waals surface area contributed by atoms with Gasteiger partial charge in [0.05, 0.1) is 33.0 Å². The third kappa shape index (κ3) is 9.32. The highest BCUT2D eigenvalue weighted by molar-refractivity contribution is 5.73. The van der Waals surface area contributed by atoms with Crippen molar-refractivity contribution in [1.29, 1.82) is 0 Å². The molecule has 0 bridgehead atoms. The summed E-state index contributed by atoms with van der Waals surface area (Å²) in [6.45, 7) is 3.13. The Bertz CT molecular complexity index is 1360. The molecule has 0 unspecified atom stereocenters. The lowest BCUT2D eigenvalue weighted by Gasteiger charge is -2.46. The lowest BCUT2D eigenvalue weighted by molar-refractivity contribution is -0.293. The van der Waals surface area contributed by atoms with Crippen LogP contribution in [-0.2, 0) is 54.9 Å². The molecule has 224 valence electrons. The fourth-order valence-corrected chi connectivity index (χ4v) is 5.12. The number of benzene rings is 4. The summed E-state index contributed by atoms with van der Waals surface area (Å²) in [7, 11) is 0. The van der Waals surface area contributed by atoms with Crippen LogP contribution < -0.4 is 5.32 Å². The van der Waals surface area contributed by atoms with Crippen molar-refractivity contribution in [1.82, 2.24) is 5.32 Å². The van der Waals surface area contributed by atoms with Crippen LogP contribution in [0.5, 0.6) is 0 Å². The van der Waals surface area contributed by atoms with Crippen LogP contribution in [0.4, 0.5) is 0 Å². The first kappa shape index (κ1) is 30.6. The van der Waals surface area contributed by atoms with Gasteiger partial charge >= 0.3 is 0 Å². The molecule has 7 heteroatoms. The van der Waals surface area contributed by atoms with E-state index < -0.39 is 30.6 Å². The van der Waals surface area contributed by atoms with Crippen molar-refractivity contribution in [2.45, 2.75) is 64.0 Å². The Labute approximate surface area is 253 Å². The van der Waals surface area contributed by atoms with Crippen LogP contribution in [0.1, 0.15) is 29.2 Å². The van der Waals surface area contributed by atoms with E-state index in [1.54, 1.807) is 0 Å². The van der Waals surface area contributed by atoms with Gasteiger partial charge in [-0.2, -0.15) is 0 Å². The van der Waals surface area contributed by atoms with Crippen LogP contribution in [0.25, 0.3) is 0 Å². The van der Waals surface area contributed by atoms with Crippen molar-refractivity contribution in [2.75, 3.05) is 6.61 Å². The number of rotatable bonds is 14. The predicted octanol–water partition coefficient (Wildman–Crippen LogP) is 5.82. The van der Waals surface area contributed by atoms with Gasteiger partial charge in [-0.15, -0.1) is 0 Å². The molecular formula is C36H39NO6. The van der Waals surface area contributed by atoms with E-state index in [2.05, 4.69) is 5.32 Å². The second kappa shape index (κ2) is 16.1. The third-order valence-corrected chi connectivity index (χ3v) is 7.24. The van der Waals surface area contributed by atoms with Crippen LogP contribution >= 0.6 is 0 Å². The first-order chi connectivity index (χ1) is 21.2. The summed E-state index contributed by atoms with van der Waals surface area (Å²) in [6.07, 6.45) is -2.48. The van der Waals surface area contributed by atoms with Gasteiger partial charge in [0.2, 0.25) is 5.91 Å². The van der Waals surface area contributed by atoms with Crippen molar-refractivity contribution in [3.05, 3.63) is 144 Å². The number of hydrogen-bond acceptors (Lipinski definition) is 6. The number of carbonyl (C=O) groups excluding carboxylic acids is 1. The van der Waals surface area contributed by atoms with E-state index in [1.165, 1.54) is 6.92 Å². The molecule has 7 nitrogen and oxygen atoms in total. The minimum absolute atomic E-state index is 0.212. The number of amides is 1. The van der Waals surface area contributed by atoms with Gasteiger partial charge in [-0.1, -0.05) is 121 Å². The standard InChI is InChI=1S/C36H39NO6/c1-27(38)37-33-35(41-24-30-18-10-4-11-19-30)34(40-23-29-16-8-3-9-17-29)32(26-39-22-28-14-6-2-7-15-28)43-36(33)42-25-31-20-12-5-13-21-31/h2-21,32-36H,22-26H2,1H3,(H,37,38)/t32-,33+,34-,35-,36-/m1/s1. The third-order valence-electron chi connectivity index (χ3n) is 7.24. The molecule has 4 aromatic carbocycles. The van der Waals surface area contributed by atoms with Crippen LogP contribution in [0.2, 0.25) is 0 Å². The summed E-state index contributed by atoms with van der Waals surface area (Å²) in [5.74, 6) is -0.212. The number of ether oxygens (including phenoxy) is 5. The first-order valence-corrected chi connectivity index (χ1v) is 14.7. The average molecular weight is 582 g/mol. The molecule has 1 N–H and O–H groups in total. The van der Waals surface area contributed by atoms with Gasteiger partial charge in [0.1, 0.15) is 24.4 Å². The van der Waals surface area contributed by atoms with E-state index in [-0.39, 0.29) is 12.5 Å². The zero-order valence-electron chi connectivity index (χ0n) is 24.4. The van der Waals surface area contributed by atoms with Gasteiger partial charge in [0.15, 0.2) is 6.29 Å². The molecule has 1 aliphatic heterocycles. The molecule has 1 amide bonds. The summed E-state index contributed by atoms with van der Waals surface area (Å²) in [5.41, 5.74) is 4.08. The molecule has 5 atom stereocenters. The number of nitrogens with one attached hydrogen (secondary N) is 1. The molecular weight excluding hydrogens is 542 g/mol. The normalized spacial score (nSPS) is 21.7. The highest BCUT2D eigenvalue weighted by atomic mass is 16.7. The average Bonchev–Trinajstić information content (AvgIpc) is 3.05. The van der Waals surface area contributed by atoms with E-state index in [9.17, 15) is 4.79 Å². The van der Waals surface area contributed by atoms with E-state index in [0.29, 0.717) is 26.4 Å². The second-order valence-corrected chi connectivity index (χ2v) is 10.6. The van der Waals surface area contributed by atoms with Crippen LogP contribution in [0.3, 0.4) is 0 Å². The largest absolute Gasteiger partial charge is 0.374 e. The molecule has 1 fully saturated rings. The topological polar surface area (TPSA) is 75.3 Å². The van der Waals surface area contributed by atoms with Gasteiger partial charge in [-0.05, 0) is 22.3 Å². The Hall–Kier alpha value is -3.85. The molecule has 0 radical (unpaired) electrons. The highest BCUT2D eigenvalue weighted by Crippen LogP contribution is 2.30. The quantitative estimate of drug-likeness (QED) is 0.202. The molecule has 43 heavy (non-hydrogen) atoms. The maximum Gasteiger partial charge on any atom is 0.217 e. The van der Waals surface area contributed by atoms with Gasteiger partial charge in [0, 0.05) is 6.92 Å². The summed E-state index contributed by atoms with van der Waals surface area (Å²) in [6, 6.07) is 39.1. The molecule has 1 heterocycles. The Morgan fingerprint density at radius 3 is 1.49 bits per heavy atom. The second-order valence-electron chi connectivity index (χ2n) is 10.6. The molecule has 0 aliphatic carbocycles. The smallest absolute Gasteiger partial charge is 0.217 e. The maximum absolute atomic E-state index is 12.5. The lowest BCUT2D eigenvalue weighted by atomic mass is 9.95. The first-order valence-electron chi connectivity index (χ1n) is 14.7. The minimum atomic E-state index is -0.799. The monoisotopic (exact) mass is 581 g/mol. The van der Waals surface area contributed by atoms with Gasteiger partial charge < -0.3 is 29.0 Å². The van der Waals surface area contributed by atoms with Crippen molar-refractivity contribution in [3.8, 4) is 0 Å². The Morgan fingerprint density at radius 1 is 0.605 bits per heavy atom. The summed E-state index contributed by atoms with van der Waals surface area (Å²) < 4.78 is 32.3. The summed E-state index contributed by atoms with van der Waals surface area (Å²) >= 11 is 0. The van der Waals surface area contributed by atoms with Gasteiger partial charge in [-0.3, -0.25) is 4.79 Å². The Kier molecular flexibility index (Phi) is 11.5. The van der Waals surface area contributed by atoms with Crippen LogP contribution in [0.15, 0.2) is 121 Å². The molecule has 1 saturated heterocycles. The number of hydrogen-bond donors (Lipinski definition) is 1. The predicted molar refractivity (Wildman–Crippen MR) is 164 cm³/mol. The van der Waals surface area contributed by atoms with Crippen molar-refractivity contribution in [2.24, 2.45) is 0 Å². The Balaban J connectivity index is 1.41. The molecule has 5 rings (SSSR count). The molecule has 4 aromatic rings. The fraction of sp³-hybridized carbons (Fsp3) is 0.306. The van der Waals surface area contributed by atoms with Gasteiger partial charge in [0.25, 0.3) is 0 Å². The highest BCUT2D eigenvalue weighted by Gasteiger charge is 2.48. The number of carbonyl (C=O) groups is 1. The van der Waals surface area contributed by atoms with E-state index in [0.717, 1.165) is 22.3 Å². The summed E-state index contributed by atoms with van der Waals surface area (Å²) in [5, 5.41) is 3.05. The lowest BCUT2D eigenvalue weighted by Crippen LogP contribution is -2.66. The fourth-order valence-electron chi connectivity index (χ4n) is 5.12. The SMILES string of the molecule is CC(=O)N[C@@H]1[C@H](OCc2ccccc2)O[C@H](COCc2ccccc2)[C@@H](OCc2ccccc2)[C@@H]1OCc1ccccc1. The van der Waals surface area contributed by atoms with E-state index in [1.807, 2.05) is 121 Å². The van der Waals surface area contributed by atoms with Gasteiger partial charge in [-0.25, -0.2) is 0 Å².